The van der Waals surface area contributed by atoms with E-state index >= 15 is 8.78 Å². The number of aliphatic hydroxyl groups excluding tert-OH is 3. The van der Waals surface area contributed by atoms with Crippen LogP contribution < -0.4 is 41.6 Å². The van der Waals surface area contributed by atoms with Gasteiger partial charge in [-0.15, -0.1) is 0 Å². The molecule has 7 N–H and O–H groups in total. The summed E-state index contributed by atoms with van der Waals surface area (Å²) in [5.41, 5.74) is 10.2. The number of aliphatic hydroxyl groups is 3. The zero-order valence-electron chi connectivity index (χ0n) is 90.9. The zero-order valence-corrected chi connectivity index (χ0v) is 101. The molecule has 4 aromatic rings. The predicted octanol–water partition coefficient (Wildman–Crippen LogP) is 12.2. The minimum Gasteiger partial charge on any atom is -0.487 e. The van der Waals surface area contributed by atoms with Crippen molar-refractivity contribution < 1.29 is 109 Å². The molecule has 0 aliphatic carbocycles. The van der Waals surface area contributed by atoms with Crippen molar-refractivity contribution in [2.75, 3.05) is 236 Å². The fraction of sp³-hybridized carbons (Fsp3) is 0.787. The molecule has 0 amide bonds. The van der Waals surface area contributed by atoms with E-state index in [1.807, 2.05) is 37.7 Å². The lowest BCUT2D eigenvalue weighted by atomic mass is 10.1. The fourth-order valence-electron chi connectivity index (χ4n) is 18.1. The van der Waals surface area contributed by atoms with Crippen molar-refractivity contribution in [2.45, 2.75) is 257 Å². The Hall–Kier alpha value is -3.89. The highest BCUT2D eigenvalue weighted by Gasteiger charge is 2.51. The second-order valence-electron chi connectivity index (χ2n) is 44.6. The van der Waals surface area contributed by atoms with Crippen molar-refractivity contribution in [1.82, 2.24) is 33.6 Å². The molecule has 9 rings (SSSR count). The number of carbonyl (C=O) groups excluding carboxylic acids is 2. The number of anilines is 2. The van der Waals surface area contributed by atoms with Crippen LogP contribution in [0.15, 0.2) is 34.1 Å². The number of ether oxygens (including phenoxy) is 9. The van der Waals surface area contributed by atoms with Crippen LogP contribution in [0.25, 0.3) is 21.8 Å². The lowest BCUT2D eigenvalue weighted by molar-refractivity contribution is -0.0111. The number of esters is 2. The van der Waals surface area contributed by atoms with Crippen molar-refractivity contribution in [3.05, 3.63) is 67.7 Å². The van der Waals surface area contributed by atoms with Gasteiger partial charge in [0.1, 0.15) is 67.2 Å². The summed E-state index contributed by atoms with van der Waals surface area (Å²) in [4.78, 5) is 69.1. The van der Waals surface area contributed by atoms with Gasteiger partial charge in [0.2, 0.25) is 10.9 Å². The Balaban J connectivity index is 0.000000363. The normalized spacial score (nSPS) is 19.3. The molecule has 10 unspecified atom stereocenters. The number of epoxide rings is 1. The molecule has 35 nitrogen and oxygen atoms in total. The first kappa shape index (κ1) is 124. The van der Waals surface area contributed by atoms with Crippen LogP contribution in [-0.2, 0) is 66.1 Å². The number of carbonyl (C=O) groups is 2. The van der Waals surface area contributed by atoms with Crippen molar-refractivity contribution in [3.63, 3.8) is 0 Å². The maximum absolute atomic E-state index is 15.8. The summed E-state index contributed by atoms with van der Waals surface area (Å²) < 4.78 is 143. The molecular weight excluding hydrogens is 1990 g/mol. The van der Waals surface area contributed by atoms with Crippen LogP contribution in [0.5, 0.6) is 11.5 Å². The summed E-state index contributed by atoms with van der Waals surface area (Å²) in [7, 11) is -12.2. The number of benzene rings is 2. The van der Waals surface area contributed by atoms with Crippen LogP contribution >= 0.6 is 0 Å². The third kappa shape index (κ3) is 43.2. The van der Waals surface area contributed by atoms with Crippen molar-refractivity contribution in [2.24, 2.45) is 11.5 Å². The van der Waals surface area contributed by atoms with Crippen molar-refractivity contribution >= 4 is 130 Å². The van der Waals surface area contributed by atoms with Crippen molar-refractivity contribution in [3.8, 4) is 11.5 Å². The number of halogens is 2. The Bertz CT molecular complexity index is 4640. The van der Waals surface area contributed by atoms with Crippen LogP contribution in [0.4, 0.5) is 20.2 Å². The molecule has 5 aliphatic rings. The number of hydrogen-bond donors (Lipinski definition) is 5. The van der Waals surface area contributed by atoms with E-state index in [0.717, 1.165) is 110 Å². The van der Waals surface area contributed by atoms with Gasteiger partial charge in [-0.25, -0.2) is 18.4 Å². The minimum absolute atomic E-state index is 0.0384. The van der Waals surface area contributed by atoms with Gasteiger partial charge in [-0.3, -0.25) is 9.59 Å². The first-order chi connectivity index (χ1) is 65.7. The molecule has 810 valence electrons. The van der Waals surface area contributed by atoms with Gasteiger partial charge in [-0.2, -0.15) is 0 Å². The van der Waals surface area contributed by atoms with E-state index in [0.29, 0.717) is 138 Å². The van der Waals surface area contributed by atoms with Gasteiger partial charge in [0.25, 0.3) is 0 Å². The summed E-state index contributed by atoms with van der Waals surface area (Å²) >= 11 is 0. The number of unbranched alkanes of at least 4 members (excludes halogenated alkanes) is 2. The third-order valence-electron chi connectivity index (χ3n) is 23.9. The van der Waals surface area contributed by atoms with E-state index in [1.165, 1.54) is 30.9 Å². The quantitative estimate of drug-likeness (QED) is 0.0119. The van der Waals surface area contributed by atoms with Crippen LogP contribution in [0, 0.1) is 11.6 Å². The molecule has 0 spiro atoms. The summed E-state index contributed by atoms with van der Waals surface area (Å²) in [6.07, 6.45) is 7.27. The van der Waals surface area contributed by atoms with E-state index in [4.69, 9.17) is 87.0 Å². The van der Waals surface area contributed by atoms with Crippen LogP contribution in [0.3, 0.4) is 0 Å². The molecule has 0 radical (unpaired) electrons. The Kier molecular flexibility index (Phi) is 49.5. The van der Waals surface area contributed by atoms with E-state index < -0.39 is 144 Å². The van der Waals surface area contributed by atoms with Crippen LogP contribution in [0.2, 0.25) is 155 Å². The highest BCUT2D eigenvalue weighted by molar-refractivity contribution is 6.92. The summed E-state index contributed by atoms with van der Waals surface area (Å²) in [5.74, 6) is -2.35. The molecular formula is C94H181F2N11O24Si10. The Labute approximate surface area is 851 Å². The fourth-order valence-corrected chi connectivity index (χ4v) is 65.1. The monoisotopic (exact) mass is 2170 g/mol. The average Bonchev–Trinajstić information content (AvgIpc) is 1.53. The lowest BCUT2D eigenvalue weighted by Gasteiger charge is -2.44. The maximum atomic E-state index is 15.8. The summed E-state index contributed by atoms with van der Waals surface area (Å²) in [6.45, 7) is 61.5. The van der Waals surface area contributed by atoms with Crippen LogP contribution in [0.1, 0.15) is 98.0 Å². The number of aromatic nitrogens is 2. The Morgan fingerprint density at radius 2 is 0.787 bits per heavy atom. The van der Waals surface area contributed by atoms with E-state index in [1.54, 1.807) is 9.13 Å². The number of hydrogen-bond acceptors (Lipinski definition) is 33. The smallest absolute Gasteiger partial charge is 0.343 e. The number of nitrogens with two attached hydrogens (primary N) is 2. The van der Waals surface area contributed by atoms with Crippen molar-refractivity contribution in [1.29, 1.82) is 0 Å². The van der Waals surface area contributed by atoms with E-state index in [9.17, 15) is 34.5 Å². The highest BCUT2D eigenvalue weighted by Crippen LogP contribution is 2.45. The van der Waals surface area contributed by atoms with E-state index in [2.05, 4.69) is 184 Å². The molecule has 7 heterocycles. The Morgan fingerprint density at radius 3 is 1.13 bits per heavy atom. The van der Waals surface area contributed by atoms with Gasteiger partial charge in [-0.1, -0.05) is 6.42 Å². The predicted molar refractivity (Wildman–Crippen MR) is 579 cm³/mol. The molecule has 141 heavy (non-hydrogen) atoms. The minimum atomic E-state index is -2.83. The molecule has 0 bridgehead atoms. The topological polar surface area (TPSA) is 374 Å². The third-order valence-corrected chi connectivity index (χ3v) is 60.5. The Morgan fingerprint density at radius 1 is 0.447 bits per heavy atom. The zero-order chi connectivity index (χ0) is 105. The van der Waals surface area contributed by atoms with Gasteiger partial charge >= 0.3 is 63.3 Å². The number of nitrogens with zero attached hydrogens (tertiary/aromatic N) is 9. The molecule has 2 aromatic carbocycles. The molecule has 10 atom stereocenters. The summed E-state index contributed by atoms with van der Waals surface area (Å²) in [5, 5.41) is 32.3. The number of likely N-dealkylation sites (N-methyl/N-ethyl adjacent to an activating group) is 5. The molecule has 3 saturated heterocycles. The molecule has 2 aromatic heterocycles. The summed E-state index contributed by atoms with van der Waals surface area (Å²) in [6, 6.07) is 4.76. The number of piperazine rings is 2. The molecule has 3 fully saturated rings. The van der Waals surface area contributed by atoms with Gasteiger partial charge < -0.3 is 146 Å². The first-order valence-corrected chi connectivity index (χ1v) is 80.3. The van der Waals surface area contributed by atoms with Gasteiger partial charge in [0.05, 0.1) is 66.4 Å². The van der Waals surface area contributed by atoms with E-state index in [-0.39, 0.29) is 73.1 Å². The average molecular weight is 2170 g/mol. The lowest BCUT2D eigenvalue weighted by Crippen LogP contribution is -2.60. The SMILES string of the molecule is CC1COc2c(N3CCN(C)CC3)c(F)cc3c(=O)c(C(=O)OCC(O)COCCC[Si](C)(O[Si](C)(C)C)O[Si](C)(C)O[Si](C)(CCCOCC4CO4)O[Si](C)(C)C)cn1c23.CC1COc2c(N3CCN(C)CC3)c(F)cc3c(=O)c(C(=O)OCC(O)COCCC[Si](C)(O[Si](C)(C)C)O[Si](C)(C)O[Si](C)(CCCOCCC(O)CN(C)CCN(C)CCN(C)C)O[Si](C)(C)C)cn1c23.NCCCCCN. The molecule has 47 heteroatoms. The van der Waals surface area contributed by atoms with Gasteiger partial charge in [0.15, 0.2) is 56.4 Å². The standard InChI is InChI=1S/C49H95FN6O12Si5.C40H72FN3O12Si5.C5H14N2/c1-39-36-63-48-45-42(33-44(50)46(48)55-26-24-53(5)25-27-55)47(59)43(35-56(39)45)49(60)64-38-41(58)37-62-29-18-32-73(16,66-70(10,11)12)68-71(13,14)67-72(15,65-69(7,8)9)31-17-28-61-30-19-40(57)34-54(6)23-22-52(4)21-20-51(2)3;1-30-25-51-39-36-33(23-35(41)37(39)43-17-15-42(2)16-18-43)38(46)34(24-44(30)36)40(47)52-27-31(45)26-48-19-13-21-60(11,53-57(3,4)5)55-59(9,10)56-61(12,54-58(6,7)8)22-14-20-49-28-32-29-50-32;6-4-2-1-3-5-7/h33,35,39-41,57-58H,17-32,34,36-38H2,1-16H3;23-24,30-32,45H,13-22,25-29H2,1-12H3;1-7H2. The first-order valence-electron chi connectivity index (χ1n) is 51.0. The van der Waals surface area contributed by atoms with Gasteiger partial charge in [-0.05, 0) is 281 Å². The second kappa shape index (κ2) is 56.3. The second-order valence-corrected chi connectivity index (χ2v) is 84.7. The number of pyridine rings is 2. The molecule has 0 saturated carbocycles. The number of rotatable bonds is 61. The maximum Gasteiger partial charge on any atom is 0.343 e. The van der Waals surface area contributed by atoms with Crippen LogP contribution in [-0.4, -0.2) is 396 Å². The highest BCUT2D eigenvalue weighted by atomic mass is 28.5. The largest absolute Gasteiger partial charge is 0.487 e. The molecule has 5 aliphatic heterocycles. The van der Waals surface area contributed by atoms with Gasteiger partial charge in [0, 0.05) is 131 Å².